The third-order valence-corrected chi connectivity index (χ3v) is 4.93. The molecule has 1 aromatic heterocycles. The maximum atomic E-state index is 12.2. The quantitative estimate of drug-likeness (QED) is 0.603. The molecule has 1 amide bonds. The van der Waals surface area contributed by atoms with Crippen LogP contribution in [0.15, 0.2) is 28.6 Å². The normalized spacial score (nSPS) is 12.2. The molecule has 0 saturated heterocycles. The molecule has 0 bridgehead atoms. The van der Waals surface area contributed by atoms with Gasteiger partial charge in [0.2, 0.25) is 5.13 Å². The van der Waals surface area contributed by atoms with Gasteiger partial charge in [0.25, 0.3) is 5.91 Å². The smallest absolute Gasteiger partial charge is 0.266 e. The van der Waals surface area contributed by atoms with E-state index in [1.165, 1.54) is 11.3 Å². The average Bonchev–Trinajstić information content (AvgIpc) is 2.93. The van der Waals surface area contributed by atoms with E-state index in [4.69, 9.17) is 4.74 Å². The van der Waals surface area contributed by atoms with Crippen LogP contribution in [-0.4, -0.2) is 27.5 Å². The van der Waals surface area contributed by atoms with E-state index in [9.17, 15) is 4.79 Å². The second-order valence-electron chi connectivity index (χ2n) is 5.25. The summed E-state index contributed by atoms with van der Waals surface area (Å²) >= 11 is 3.00. The van der Waals surface area contributed by atoms with Crippen molar-refractivity contribution < 1.29 is 9.53 Å². The van der Waals surface area contributed by atoms with Crippen molar-refractivity contribution >= 4 is 34.1 Å². The van der Waals surface area contributed by atoms with Gasteiger partial charge in [-0.25, -0.2) is 0 Å². The van der Waals surface area contributed by atoms with E-state index >= 15 is 0 Å². The minimum absolute atomic E-state index is 0.229. The molecular weight excluding hydrogens is 330 g/mol. The highest BCUT2D eigenvalue weighted by Gasteiger charge is 2.18. The second-order valence-corrected chi connectivity index (χ2v) is 8.05. The van der Waals surface area contributed by atoms with Gasteiger partial charge in [-0.3, -0.25) is 10.1 Å². The van der Waals surface area contributed by atoms with Gasteiger partial charge in [-0.05, 0) is 25.0 Å². The number of amides is 1. The van der Waals surface area contributed by atoms with Crippen LogP contribution in [0.3, 0.4) is 0 Å². The van der Waals surface area contributed by atoms with Gasteiger partial charge < -0.3 is 4.74 Å². The molecule has 2 aromatic rings. The summed E-state index contributed by atoms with van der Waals surface area (Å²) in [5.74, 6) is 0.513. The Kier molecular flexibility index (Phi) is 6.41. The predicted octanol–water partition coefficient (Wildman–Crippen LogP) is 4.01. The third-order valence-electron chi connectivity index (χ3n) is 3.00. The van der Waals surface area contributed by atoms with Crippen LogP contribution in [0.25, 0.3) is 0 Å². The molecule has 23 heavy (non-hydrogen) atoms. The molecular formula is C16H21N3O2S2. The van der Waals surface area contributed by atoms with Crippen molar-refractivity contribution in [3.63, 3.8) is 0 Å². The average molecular weight is 351 g/mol. The maximum absolute atomic E-state index is 12.2. The topological polar surface area (TPSA) is 64.1 Å². The van der Waals surface area contributed by atoms with Gasteiger partial charge >= 0.3 is 0 Å². The van der Waals surface area contributed by atoms with Crippen molar-refractivity contribution in [1.82, 2.24) is 10.2 Å². The number of aryl methyl sites for hydroxylation is 1. The van der Waals surface area contributed by atoms with Gasteiger partial charge in [0.05, 0.1) is 0 Å². The number of nitrogens with zero attached hydrogens (tertiary/aromatic N) is 2. The zero-order chi connectivity index (χ0) is 16.8. The molecule has 124 valence electrons. The van der Waals surface area contributed by atoms with Crippen LogP contribution < -0.4 is 10.1 Å². The minimum atomic E-state index is -0.604. The first kappa shape index (κ1) is 17.7. The minimum Gasteiger partial charge on any atom is -0.481 e. The van der Waals surface area contributed by atoms with Crippen LogP contribution in [0.1, 0.15) is 33.3 Å². The zero-order valence-electron chi connectivity index (χ0n) is 13.7. The summed E-state index contributed by atoms with van der Waals surface area (Å²) < 4.78 is 6.63. The van der Waals surface area contributed by atoms with E-state index < -0.39 is 6.10 Å². The third kappa shape index (κ3) is 5.21. The Hall–Kier alpha value is -1.60. The number of thioether (sulfide) groups is 1. The highest BCUT2D eigenvalue weighted by Crippen LogP contribution is 2.28. The number of aromatic nitrogens is 2. The molecule has 0 aliphatic rings. The van der Waals surface area contributed by atoms with Gasteiger partial charge in [-0.1, -0.05) is 62.1 Å². The van der Waals surface area contributed by atoms with Gasteiger partial charge in [-0.15, -0.1) is 10.2 Å². The number of carbonyl (C=O) groups is 1. The molecule has 1 atom stereocenters. The Bertz CT molecular complexity index is 658. The Balaban J connectivity index is 1.96. The summed E-state index contributed by atoms with van der Waals surface area (Å²) in [5, 5.41) is 11.7. The van der Waals surface area contributed by atoms with Crippen molar-refractivity contribution in [1.29, 1.82) is 0 Å². The number of ether oxygens (including phenoxy) is 1. The Morgan fingerprint density at radius 3 is 2.74 bits per heavy atom. The molecule has 1 unspecified atom stereocenters. The first-order valence-corrected chi connectivity index (χ1v) is 9.24. The summed E-state index contributed by atoms with van der Waals surface area (Å²) in [6, 6.07) is 7.75. The van der Waals surface area contributed by atoms with E-state index in [0.29, 0.717) is 10.4 Å². The Labute approximate surface area is 144 Å². The van der Waals surface area contributed by atoms with Gasteiger partial charge in [0, 0.05) is 5.25 Å². The van der Waals surface area contributed by atoms with Crippen molar-refractivity contribution in [2.45, 2.75) is 49.8 Å². The molecule has 2 rings (SSSR count). The van der Waals surface area contributed by atoms with Crippen LogP contribution in [0.5, 0.6) is 5.75 Å². The molecule has 0 saturated carbocycles. The van der Waals surface area contributed by atoms with Gasteiger partial charge in [0.1, 0.15) is 5.75 Å². The number of para-hydroxylation sites is 1. The van der Waals surface area contributed by atoms with E-state index in [1.807, 2.05) is 24.3 Å². The van der Waals surface area contributed by atoms with Crippen LogP contribution >= 0.6 is 23.1 Å². The highest BCUT2D eigenvalue weighted by atomic mass is 32.2. The number of nitrogens with one attached hydrogen (secondary N) is 1. The summed E-state index contributed by atoms with van der Waals surface area (Å²) in [6.45, 7) is 7.96. The molecule has 5 nitrogen and oxygen atoms in total. The van der Waals surface area contributed by atoms with Crippen molar-refractivity contribution in [2.75, 3.05) is 5.32 Å². The Morgan fingerprint density at radius 1 is 1.30 bits per heavy atom. The van der Waals surface area contributed by atoms with Crippen LogP contribution in [0, 0.1) is 0 Å². The standard InChI is InChI=1S/C16H21N3O2S2/c1-5-12-8-6-7-9-13(12)21-11(4)14(20)17-15-18-19-16(23-15)22-10(2)3/h6-11H,5H2,1-4H3,(H,17,18,20). The SMILES string of the molecule is CCc1ccccc1OC(C)C(=O)Nc1nnc(SC(C)C)s1. The fraction of sp³-hybridized carbons (Fsp3) is 0.438. The van der Waals surface area contributed by atoms with Crippen molar-refractivity contribution in [2.24, 2.45) is 0 Å². The van der Waals surface area contributed by atoms with E-state index in [0.717, 1.165) is 22.1 Å². The number of hydrogen-bond acceptors (Lipinski definition) is 6. The summed E-state index contributed by atoms with van der Waals surface area (Å²) in [4.78, 5) is 12.2. The second kappa shape index (κ2) is 8.31. The molecule has 1 heterocycles. The zero-order valence-corrected chi connectivity index (χ0v) is 15.3. The summed E-state index contributed by atoms with van der Waals surface area (Å²) in [6.07, 6.45) is 0.254. The number of rotatable bonds is 7. The van der Waals surface area contributed by atoms with E-state index in [1.54, 1.807) is 18.7 Å². The predicted molar refractivity (Wildman–Crippen MR) is 95.4 cm³/mol. The van der Waals surface area contributed by atoms with E-state index in [-0.39, 0.29) is 5.91 Å². The first-order valence-electron chi connectivity index (χ1n) is 7.55. The van der Waals surface area contributed by atoms with Gasteiger partial charge in [0.15, 0.2) is 10.4 Å². The number of benzene rings is 1. The molecule has 0 fully saturated rings. The molecule has 1 aromatic carbocycles. The number of carbonyl (C=O) groups excluding carboxylic acids is 1. The lowest BCUT2D eigenvalue weighted by atomic mass is 10.1. The van der Waals surface area contributed by atoms with Crippen molar-refractivity contribution in [3.05, 3.63) is 29.8 Å². The number of hydrogen-bond donors (Lipinski definition) is 1. The molecule has 0 radical (unpaired) electrons. The summed E-state index contributed by atoms with van der Waals surface area (Å²) in [7, 11) is 0. The highest BCUT2D eigenvalue weighted by molar-refractivity contribution is 8.01. The van der Waals surface area contributed by atoms with E-state index in [2.05, 4.69) is 36.3 Å². The monoisotopic (exact) mass is 351 g/mol. The molecule has 7 heteroatoms. The lowest BCUT2D eigenvalue weighted by Gasteiger charge is -2.15. The molecule has 0 aliphatic heterocycles. The Morgan fingerprint density at radius 2 is 2.04 bits per heavy atom. The lowest BCUT2D eigenvalue weighted by Crippen LogP contribution is -2.30. The molecule has 0 aliphatic carbocycles. The first-order chi connectivity index (χ1) is 11.0. The molecule has 0 spiro atoms. The fourth-order valence-electron chi connectivity index (χ4n) is 1.87. The molecule has 1 N–H and O–H groups in total. The van der Waals surface area contributed by atoms with Crippen LogP contribution in [0.2, 0.25) is 0 Å². The lowest BCUT2D eigenvalue weighted by molar-refractivity contribution is -0.122. The fourth-order valence-corrected chi connectivity index (χ4v) is 3.85. The van der Waals surface area contributed by atoms with Crippen molar-refractivity contribution in [3.8, 4) is 5.75 Å². The van der Waals surface area contributed by atoms with Gasteiger partial charge in [-0.2, -0.15) is 0 Å². The number of anilines is 1. The van der Waals surface area contributed by atoms with Crippen LogP contribution in [-0.2, 0) is 11.2 Å². The van der Waals surface area contributed by atoms with Crippen LogP contribution in [0.4, 0.5) is 5.13 Å². The maximum Gasteiger partial charge on any atom is 0.266 e. The largest absolute Gasteiger partial charge is 0.481 e. The summed E-state index contributed by atoms with van der Waals surface area (Å²) in [5.41, 5.74) is 1.08.